The maximum atomic E-state index is 13.7. The summed E-state index contributed by atoms with van der Waals surface area (Å²) in [4.78, 5) is 28.8. The Bertz CT molecular complexity index is 1390. The fourth-order valence-corrected chi connectivity index (χ4v) is 8.35. The number of aryl methyl sites for hydroxylation is 3. The number of halogens is 1. The van der Waals surface area contributed by atoms with E-state index in [0.717, 1.165) is 44.5 Å². The van der Waals surface area contributed by atoms with E-state index < -0.39 is 22.0 Å². The first-order chi connectivity index (χ1) is 19.1. The lowest BCUT2D eigenvalue weighted by Gasteiger charge is -2.35. The molecule has 1 aliphatic carbocycles. The predicted octanol–water partition coefficient (Wildman–Crippen LogP) is 4.02. The number of amides is 2. The van der Waals surface area contributed by atoms with Gasteiger partial charge in [-0.25, -0.2) is 8.42 Å². The molecule has 0 saturated carbocycles. The molecule has 0 bridgehead atoms. The standard InChI is InChI=1S/C30H39ClN4O4S/c1-20-16-28(21(2)15-25(20)31)40(38,39)35-14-11-32-30(37)27(35)18-29(36)33-26-8-6-7-23-17-22(9-10-24(23)26)19-34-12-4-3-5-13-34/h9-10,15-17,26-27H,3-8,11-14,18-19H2,1-2H3,(H,32,37)(H,33,36)/t26-,27?/m1/s1. The largest absolute Gasteiger partial charge is 0.353 e. The number of sulfonamides is 1. The van der Waals surface area contributed by atoms with Gasteiger partial charge in [0.2, 0.25) is 21.8 Å². The van der Waals surface area contributed by atoms with Crippen LogP contribution in [-0.2, 0) is 32.6 Å². The van der Waals surface area contributed by atoms with E-state index in [0.29, 0.717) is 16.1 Å². The molecule has 2 aromatic rings. The molecule has 2 N–H and O–H groups in total. The van der Waals surface area contributed by atoms with E-state index in [9.17, 15) is 18.0 Å². The van der Waals surface area contributed by atoms with Crippen LogP contribution < -0.4 is 10.6 Å². The molecule has 0 radical (unpaired) electrons. The summed E-state index contributed by atoms with van der Waals surface area (Å²) < 4.78 is 28.6. The first-order valence-corrected chi connectivity index (χ1v) is 16.1. The second-order valence-corrected chi connectivity index (χ2v) is 13.6. The zero-order valence-electron chi connectivity index (χ0n) is 23.3. The number of likely N-dealkylation sites (tertiary alicyclic amines) is 1. The van der Waals surface area contributed by atoms with Crippen LogP contribution in [0.25, 0.3) is 0 Å². The van der Waals surface area contributed by atoms with Gasteiger partial charge >= 0.3 is 0 Å². The lowest BCUT2D eigenvalue weighted by atomic mass is 9.86. The third-order valence-electron chi connectivity index (χ3n) is 8.42. The number of hydrogen-bond donors (Lipinski definition) is 2. The molecular formula is C30H39ClN4O4S. The van der Waals surface area contributed by atoms with Gasteiger partial charge in [0.1, 0.15) is 6.04 Å². The van der Waals surface area contributed by atoms with E-state index in [4.69, 9.17) is 11.6 Å². The molecule has 3 aliphatic rings. The van der Waals surface area contributed by atoms with E-state index in [1.165, 1.54) is 40.8 Å². The van der Waals surface area contributed by atoms with Crippen LogP contribution in [0.15, 0.2) is 35.2 Å². The van der Waals surface area contributed by atoms with Gasteiger partial charge in [-0.05, 0) is 99.0 Å². The summed E-state index contributed by atoms with van der Waals surface area (Å²) in [6.45, 7) is 6.97. The minimum absolute atomic E-state index is 0.0964. The van der Waals surface area contributed by atoms with E-state index >= 15 is 0 Å². The summed E-state index contributed by atoms with van der Waals surface area (Å²) in [5.74, 6) is -0.791. The Morgan fingerprint density at radius 2 is 1.82 bits per heavy atom. The van der Waals surface area contributed by atoms with Gasteiger partial charge in [0, 0.05) is 24.7 Å². The van der Waals surface area contributed by atoms with E-state index in [2.05, 4.69) is 33.7 Å². The molecule has 8 nitrogen and oxygen atoms in total. The zero-order valence-corrected chi connectivity index (χ0v) is 24.9. The highest BCUT2D eigenvalue weighted by Gasteiger charge is 2.40. The Morgan fingerprint density at radius 1 is 1.05 bits per heavy atom. The Kier molecular flexibility index (Phi) is 8.85. The van der Waals surface area contributed by atoms with Crippen LogP contribution in [0.1, 0.15) is 72.4 Å². The van der Waals surface area contributed by atoms with Crippen molar-refractivity contribution in [1.29, 1.82) is 0 Å². The average Bonchev–Trinajstić information content (AvgIpc) is 2.92. The number of nitrogens with zero attached hydrogens (tertiary/aromatic N) is 2. The van der Waals surface area contributed by atoms with Crippen molar-refractivity contribution in [2.75, 3.05) is 26.2 Å². The van der Waals surface area contributed by atoms with Gasteiger partial charge in [0.15, 0.2) is 0 Å². The van der Waals surface area contributed by atoms with Gasteiger partial charge in [0.05, 0.1) is 17.4 Å². The molecular weight excluding hydrogens is 548 g/mol. The van der Waals surface area contributed by atoms with Crippen LogP contribution in [0, 0.1) is 13.8 Å². The van der Waals surface area contributed by atoms with Gasteiger partial charge in [-0.15, -0.1) is 0 Å². The number of benzene rings is 2. The summed E-state index contributed by atoms with van der Waals surface area (Å²) in [7, 11) is -4.03. The summed E-state index contributed by atoms with van der Waals surface area (Å²) in [6.07, 6.45) is 6.35. The number of nitrogens with one attached hydrogen (secondary N) is 2. The van der Waals surface area contributed by atoms with Crippen LogP contribution in [0.2, 0.25) is 5.02 Å². The van der Waals surface area contributed by atoms with Crippen LogP contribution >= 0.6 is 11.6 Å². The molecule has 2 atom stereocenters. The third-order valence-corrected chi connectivity index (χ3v) is 10.9. The summed E-state index contributed by atoms with van der Waals surface area (Å²) in [6, 6.07) is 8.46. The van der Waals surface area contributed by atoms with Crippen molar-refractivity contribution in [3.63, 3.8) is 0 Å². The molecule has 2 fully saturated rings. The number of hydrogen-bond acceptors (Lipinski definition) is 5. The number of piperazine rings is 1. The van der Waals surface area contributed by atoms with E-state index in [1.807, 2.05) is 0 Å². The van der Waals surface area contributed by atoms with Crippen LogP contribution in [-0.4, -0.2) is 61.7 Å². The van der Waals surface area contributed by atoms with Gasteiger partial charge < -0.3 is 10.6 Å². The van der Waals surface area contributed by atoms with Crippen molar-refractivity contribution >= 4 is 33.4 Å². The zero-order chi connectivity index (χ0) is 28.4. The van der Waals surface area contributed by atoms with Gasteiger partial charge in [0.25, 0.3) is 0 Å². The van der Waals surface area contributed by atoms with Crippen molar-refractivity contribution in [3.8, 4) is 0 Å². The summed E-state index contributed by atoms with van der Waals surface area (Å²) in [5, 5.41) is 6.33. The second-order valence-electron chi connectivity index (χ2n) is 11.4. The monoisotopic (exact) mass is 586 g/mol. The van der Waals surface area contributed by atoms with Gasteiger partial charge in [-0.2, -0.15) is 4.31 Å². The molecule has 10 heteroatoms. The number of piperidine rings is 1. The van der Waals surface area contributed by atoms with E-state index in [-0.39, 0.29) is 36.4 Å². The first kappa shape index (κ1) is 29.0. The van der Waals surface area contributed by atoms with Crippen LogP contribution in [0.5, 0.6) is 0 Å². The third kappa shape index (κ3) is 6.22. The first-order valence-electron chi connectivity index (χ1n) is 14.3. The molecule has 2 aromatic carbocycles. The lowest BCUT2D eigenvalue weighted by Crippen LogP contribution is -2.58. The van der Waals surface area contributed by atoms with Crippen LogP contribution in [0.4, 0.5) is 0 Å². The normalized spacial score (nSPS) is 22.4. The predicted molar refractivity (Wildman–Crippen MR) is 156 cm³/mol. The highest BCUT2D eigenvalue weighted by molar-refractivity contribution is 7.89. The van der Waals surface area contributed by atoms with Gasteiger partial charge in [-0.3, -0.25) is 14.5 Å². The van der Waals surface area contributed by atoms with Crippen molar-refractivity contribution in [3.05, 3.63) is 63.2 Å². The summed E-state index contributed by atoms with van der Waals surface area (Å²) in [5.41, 5.74) is 4.83. The molecule has 1 unspecified atom stereocenters. The highest BCUT2D eigenvalue weighted by atomic mass is 35.5. The molecule has 2 saturated heterocycles. The Labute approximate surface area is 242 Å². The minimum Gasteiger partial charge on any atom is -0.353 e. The number of carbonyl (C=O) groups is 2. The Morgan fingerprint density at radius 3 is 2.60 bits per heavy atom. The number of fused-ring (bicyclic) bond motifs is 1. The second kappa shape index (κ2) is 12.2. The molecule has 2 aliphatic heterocycles. The fraction of sp³-hybridized carbons (Fsp3) is 0.533. The molecule has 0 aromatic heterocycles. The average molecular weight is 587 g/mol. The maximum Gasteiger partial charge on any atom is 0.244 e. The van der Waals surface area contributed by atoms with Crippen molar-refractivity contribution in [2.24, 2.45) is 0 Å². The highest BCUT2D eigenvalue weighted by Crippen LogP contribution is 2.32. The lowest BCUT2D eigenvalue weighted by molar-refractivity contribution is -0.132. The fourth-order valence-electron chi connectivity index (χ4n) is 6.26. The summed E-state index contributed by atoms with van der Waals surface area (Å²) >= 11 is 6.20. The number of rotatable bonds is 7. The maximum absolute atomic E-state index is 13.7. The molecule has 216 valence electrons. The SMILES string of the molecule is Cc1cc(S(=O)(=O)N2CCNC(=O)C2CC(=O)N[C@@H]2CCCc3cc(CN4CCCCC4)ccc32)c(C)cc1Cl. The molecule has 40 heavy (non-hydrogen) atoms. The van der Waals surface area contributed by atoms with Crippen molar-refractivity contribution in [1.82, 2.24) is 19.8 Å². The smallest absolute Gasteiger partial charge is 0.244 e. The van der Waals surface area contributed by atoms with Crippen molar-refractivity contribution in [2.45, 2.75) is 82.3 Å². The van der Waals surface area contributed by atoms with E-state index in [1.54, 1.807) is 19.9 Å². The molecule has 2 amide bonds. The van der Waals surface area contributed by atoms with Crippen LogP contribution in [0.3, 0.4) is 0 Å². The minimum atomic E-state index is -4.03. The number of carbonyl (C=O) groups excluding carboxylic acids is 2. The van der Waals surface area contributed by atoms with Crippen molar-refractivity contribution < 1.29 is 18.0 Å². The molecule has 2 heterocycles. The Hall–Kier alpha value is -2.46. The quantitative estimate of drug-likeness (QED) is 0.511. The topological polar surface area (TPSA) is 98.8 Å². The Balaban J connectivity index is 1.30. The van der Waals surface area contributed by atoms with Gasteiger partial charge in [-0.1, -0.05) is 36.2 Å². The molecule has 5 rings (SSSR count). The molecule has 0 spiro atoms.